The maximum absolute atomic E-state index is 12.9. The van der Waals surface area contributed by atoms with Crippen LogP contribution >= 0.6 is 0 Å². The van der Waals surface area contributed by atoms with E-state index in [1.165, 1.54) is 9.13 Å². The van der Waals surface area contributed by atoms with Crippen molar-refractivity contribution < 1.29 is 15.1 Å². The van der Waals surface area contributed by atoms with Gasteiger partial charge in [0.15, 0.2) is 11.6 Å². The topological polar surface area (TPSA) is 135 Å². The summed E-state index contributed by atoms with van der Waals surface area (Å²) in [6.07, 6.45) is 6.33. The molecule has 0 atom stereocenters. The fraction of sp³-hybridized carbons (Fsp3) is 0.0500. The second-order valence-corrected chi connectivity index (χ2v) is 10.6. The van der Waals surface area contributed by atoms with E-state index in [-0.39, 0.29) is 17.0 Å². The Kier molecular flexibility index (Phi) is 12.1. The quantitative estimate of drug-likeness (QED) is 0.135. The first-order chi connectivity index (χ1) is 23.4. The average molecular weight is 651 g/mol. The van der Waals surface area contributed by atoms with E-state index in [9.17, 15) is 19.2 Å². The van der Waals surface area contributed by atoms with Gasteiger partial charge < -0.3 is 5.48 Å². The van der Waals surface area contributed by atoms with Gasteiger partial charge in [0.2, 0.25) is 0 Å². The molecule has 6 aromatic rings. The lowest BCUT2D eigenvalue weighted by atomic mass is 9.99. The first-order valence-corrected chi connectivity index (χ1v) is 15.2. The van der Waals surface area contributed by atoms with E-state index in [1.54, 1.807) is 48.8 Å². The maximum atomic E-state index is 12.9. The number of allylic oxidation sites excluding steroid dienone is 2. The molecule has 0 saturated heterocycles. The van der Waals surface area contributed by atoms with Crippen molar-refractivity contribution in [2.75, 3.05) is 0 Å². The lowest BCUT2D eigenvalue weighted by molar-refractivity contribution is 0.103. The van der Waals surface area contributed by atoms with Gasteiger partial charge in [0.25, 0.3) is 0 Å². The predicted octanol–water partition coefficient (Wildman–Crippen LogP) is 5.83. The summed E-state index contributed by atoms with van der Waals surface area (Å²) in [6.45, 7) is 7.88. The fourth-order valence-corrected chi connectivity index (χ4v) is 4.98. The lowest BCUT2D eigenvalue weighted by Gasteiger charge is -2.11. The Balaban J connectivity index is 0.000000216. The molecule has 0 amide bonds. The zero-order chi connectivity index (χ0) is 33.9. The molecule has 0 spiro atoms. The van der Waals surface area contributed by atoms with Crippen LogP contribution in [0.2, 0.25) is 0 Å². The van der Waals surface area contributed by atoms with Crippen LogP contribution in [0.5, 0.6) is 0 Å². The number of carbonyl (C=O) groups is 2. The first kappa shape index (κ1) is 35.3. The summed E-state index contributed by atoms with van der Waals surface area (Å²) in [7, 11) is 0. The van der Waals surface area contributed by atoms with Crippen LogP contribution in [0.25, 0.3) is 22.5 Å². The maximum Gasteiger partial charge on any atom is 0.348 e. The largest absolute Gasteiger partial charge is 0.412 e. The molecule has 0 aliphatic heterocycles. The van der Waals surface area contributed by atoms with Crippen molar-refractivity contribution in [1.82, 2.24) is 19.1 Å². The van der Waals surface area contributed by atoms with Gasteiger partial charge in [-0.3, -0.25) is 18.7 Å². The molecule has 2 heterocycles. The van der Waals surface area contributed by atoms with Crippen LogP contribution in [0.15, 0.2) is 169 Å². The van der Waals surface area contributed by atoms with Crippen molar-refractivity contribution in [3.05, 3.63) is 202 Å². The Bertz CT molecular complexity index is 2020. The molecular weight excluding hydrogens is 616 g/mol. The molecule has 0 bridgehead atoms. The Morgan fingerprint density at radius 2 is 0.837 bits per heavy atom. The third kappa shape index (κ3) is 8.42. The van der Waals surface area contributed by atoms with Gasteiger partial charge in [0, 0.05) is 47.7 Å². The zero-order valence-electron chi connectivity index (χ0n) is 26.6. The summed E-state index contributed by atoms with van der Waals surface area (Å²) >= 11 is 0. The molecule has 4 aromatic carbocycles. The SMILES string of the molecule is C=CCn1cc(C(=O)c2ccccc2)c(-c2ccccc2)nc1=O.C=CCn1cc(C(=O)c2ccccc2)c(-c2ccccc2)nc1=O.O. The Labute approximate surface area is 283 Å². The number of hydrogen-bond donors (Lipinski definition) is 0. The van der Waals surface area contributed by atoms with Crippen molar-refractivity contribution in [1.29, 1.82) is 0 Å². The summed E-state index contributed by atoms with van der Waals surface area (Å²) < 4.78 is 2.77. The molecule has 0 fully saturated rings. The molecule has 9 nitrogen and oxygen atoms in total. The van der Waals surface area contributed by atoms with Gasteiger partial charge in [-0.15, -0.1) is 13.2 Å². The highest BCUT2D eigenvalue weighted by atomic mass is 16.2. The van der Waals surface area contributed by atoms with E-state index in [4.69, 9.17) is 0 Å². The Morgan fingerprint density at radius 1 is 0.531 bits per heavy atom. The van der Waals surface area contributed by atoms with Crippen LogP contribution in [0, 0.1) is 0 Å². The summed E-state index contributed by atoms with van der Waals surface area (Å²) in [5, 5.41) is 0. The Morgan fingerprint density at radius 3 is 1.14 bits per heavy atom. The van der Waals surface area contributed by atoms with Crippen LogP contribution in [0.1, 0.15) is 31.8 Å². The standard InChI is InChI=1S/2C20H16N2O2.H2O/c2*1-2-13-22-14-17(19(23)16-11-7-4-8-12-16)18(21-20(22)24)15-9-5-3-6-10-15;/h2*2-12,14H,1,13H2;1H2. The Hall–Kier alpha value is -6.58. The molecule has 2 aromatic heterocycles. The molecule has 0 aliphatic rings. The number of nitrogens with zero attached hydrogens (tertiary/aromatic N) is 4. The van der Waals surface area contributed by atoms with Gasteiger partial charge in [-0.25, -0.2) is 9.59 Å². The highest BCUT2D eigenvalue weighted by Gasteiger charge is 2.19. The third-order valence-electron chi connectivity index (χ3n) is 7.29. The van der Waals surface area contributed by atoms with Crippen LogP contribution in [-0.2, 0) is 13.1 Å². The smallest absolute Gasteiger partial charge is 0.348 e. The van der Waals surface area contributed by atoms with Crippen molar-refractivity contribution >= 4 is 11.6 Å². The van der Waals surface area contributed by atoms with Gasteiger partial charge in [0.1, 0.15) is 0 Å². The predicted molar refractivity (Wildman–Crippen MR) is 192 cm³/mol. The van der Waals surface area contributed by atoms with Crippen LogP contribution in [0.3, 0.4) is 0 Å². The van der Waals surface area contributed by atoms with Gasteiger partial charge in [-0.05, 0) is 0 Å². The summed E-state index contributed by atoms with van der Waals surface area (Å²) in [4.78, 5) is 58.6. The van der Waals surface area contributed by atoms with E-state index >= 15 is 0 Å². The number of benzene rings is 4. The normalized spacial score (nSPS) is 10.1. The van der Waals surface area contributed by atoms with Gasteiger partial charge in [-0.2, -0.15) is 9.97 Å². The average Bonchev–Trinajstić information content (AvgIpc) is 3.14. The monoisotopic (exact) mass is 650 g/mol. The summed E-state index contributed by atoms with van der Waals surface area (Å²) in [6, 6.07) is 36.4. The molecule has 0 aliphatic carbocycles. The summed E-state index contributed by atoms with van der Waals surface area (Å²) in [5.41, 5.74) is 3.36. The van der Waals surface area contributed by atoms with E-state index in [1.807, 2.05) is 97.1 Å². The molecule has 2 N–H and O–H groups in total. The molecule has 49 heavy (non-hydrogen) atoms. The van der Waals surface area contributed by atoms with Crippen molar-refractivity contribution in [2.24, 2.45) is 0 Å². The number of ketones is 2. The molecule has 6 rings (SSSR count). The lowest BCUT2D eigenvalue weighted by Crippen LogP contribution is -2.25. The minimum atomic E-state index is -0.404. The van der Waals surface area contributed by atoms with E-state index < -0.39 is 11.4 Å². The number of aromatic nitrogens is 4. The molecule has 0 radical (unpaired) electrons. The fourth-order valence-electron chi connectivity index (χ4n) is 4.98. The molecule has 0 saturated carbocycles. The van der Waals surface area contributed by atoms with Crippen molar-refractivity contribution in [3.63, 3.8) is 0 Å². The highest BCUT2D eigenvalue weighted by molar-refractivity contribution is 6.12. The van der Waals surface area contributed by atoms with E-state index in [2.05, 4.69) is 23.1 Å². The van der Waals surface area contributed by atoms with Gasteiger partial charge in [0.05, 0.1) is 22.5 Å². The minimum Gasteiger partial charge on any atom is -0.412 e. The number of carbonyl (C=O) groups excluding carboxylic acids is 2. The number of hydrogen-bond acceptors (Lipinski definition) is 6. The second-order valence-electron chi connectivity index (χ2n) is 10.6. The van der Waals surface area contributed by atoms with Crippen LogP contribution in [-0.4, -0.2) is 36.1 Å². The van der Waals surface area contributed by atoms with E-state index in [0.717, 1.165) is 11.1 Å². The van der Waals surface area contributed by atoms with Gasteiger partial charge >= 0.3 is 11.4 Å². The second kappa shape index (κ2) is 16.8. The van der Waals surface area contributed by atoms with Crippen molar-refractivity contribution in [3.8, 4) is 22.5 Å². The highest BCUT2D eigenvalue weighted by Crippen LogP contribution is 2.24. The minimum absolute atomic E-state index is 0. The van der Waals surface area contributed by atoms with E-state index in [0.29, 0.717) is 46.7 Å². The van der Waals surface area contributed by atoms with Gasteiger partial charge in [-0.1, -0.05) is 133 Å². The molecular formula is C40H34N4O5. The first-order valence-electron chi connectivity index (χ1n) is 15.2. The molecule has 9 heteroatoms. The zero-order valence-corrected chi connectivity index (χ0v) is 26.6. The molecule has 244 valence electrons. The van der Waals surface area contributed by atoms with Crippen LogP contribution < -0.4 is 11.4 Å². The van der Waals surface area contributed by atoms with Crippen molar-refractivity contribution in [2.45, 2.75) is 13.1 Å². The number of rotatable bonds is 10. The summed E-state index contributed by atoms with van der Waals surface area (Å²) in [5.74, 6) is -0.334. The molecule has 0 unspecified atom stereocenters. The third-order valence-corrected chi connectivity index (χ3v) is 7.29. The van der Waals surface area contributed by atoms with Crippen LogP contribution in [0.4, 0.5) is 0 Å².